The maximum atomic E-state index is 12.7. The Morgan fingerprint density at radius 3 is 2.64 bits per heavy atom. The Morgan fingerprint density at radius 2 is 2.14 bits per heavy atom. The Hall–Kier alpha value is -0.930. The smallest absolute Gasteiger partial charge is 0.123 e. The number of benzene rings is 1. The summed E-state index contributed by atoms with van der Waals surface area (Å²) in [5.41, 5.74) is 1.14. The van der Waals surface area contributed by atoms with E-state index in [0.29, 0.717) is 12.0 Å². The summed E-state index contributed by atoms with van der Waals surface area (Å²) in [6.07, 6.45) is 0. The van der Waals surface area contributed by atoms with Crippen LogP contribution in [0.4, 0.5) is 4.39 Å². The van der Waals surface area contributed by atoms with Crippen molar-refractivity contribution in [1.82, 2.24) is 5.32 Å². The maximum absolute atomic E-state index is 12.7. The average Bonchev–Trinajstić information content (AvgIpc) is 2.16. The molecule has 0 aromatic heterocycles. The van der Waals surface area contributed by atoms with Crippen LogP contribution in [-0.2, 0) is 4.74 Å². The molecule has 0 amide bonds. The number of rotatable bonds is 3. The number of ether oxygens (including phenoxy) is 1. The lowest BCUT2D eigenvalue weighted by Crippen LogP contribution is -2.47. The van der Waals surface area contributed by atoms with Gasteiger partial charge in [-0.25, -0.2) is 4.39 Å². The summed E-state index contributed by atoms with van der Waals surface area (Å²) < 4.78 is 17.8. The molecule has 0 saturated carbocycles. The Bertz CT molecular complexity index is 299. The highest BCUT2D eigenvalue weighted by atomic mass is 19.1. The molecule has 2 nitrogen and oxygen atoms in total. The van der Waals surface area contributed by atoms with Crippen molar-refractivity contribution >= 4 is 0 Å². The first kappa shape index (κ1) is 9.62. The molecule has 14 heavy (non-hydrogen) atoms. The largest absolute Gasteiger partial charge is 0.384 e. The second kappa shape index (κ2) is 4.07. The van der Waals surface area contributed by atoms with Crippen molar-refractivity contribution in [3.05, 3.63) is 35.6 Å². The molecule has 2 rings (SSSR count). The van der Waals surface area contributed by atoms with Gasteiger partial charge in [0.05, 0.1) is 6.61 Å². The summed E-state index contributed by atoms with van der Waals surface area (Å²) >= 11 is 0. The van der Waals surface area contributed by atoms with Crippen molar-refractivity contribution in [1.29, 1.82) is 0 Å². The van der Waals surface area contributed by atoms with E-state index in [9.17, 15) is 4.39 Å². The van der Waals surface area contributed by atoms with Gasteiger partial charge in [0.25, 0.3) is 0 Å². The van der Waals surface area contributed by atoms with Gasteiger partial charge in [-0.05, 0) is 17.7 Å². The average molecular weight is 195 g/mol. The second-order valence-corrected chi connectivity index (χ2v) is 3.65. The Kier molecular flexibility index (Phi) is 2.79. The van der Waals surface area contributed by atoms with Crippen LogP contribution in [0.5, 0.6) is 0 Å². The van der Waals surface area contributed by atoms with Gasteiger partial charge in [-0.3, -0.25) is 0 Å². The minimum Gasteiger partial charge on any atom is -0.384 e. The van der Waals surface area contributed by atoms with Crippen LogP contribution in [0.3, 0.4) is 0 Å². The van der Waals surface area contributed by atoms with E-state index in [2.05, 4.69) is 5.32 Å². The van der Waals surface area contributed by atoms with Crippen molar-refractivity contribution in [2.75, 3.05) is 20.3 Å². The first-order valence-corrected chi connectivity index (χ1v) is 4.79. The lowest BCUT2D eigenvalue weighted by Gasteiger charge is -2.38. The van der Waals surface area contributed by atoms with Gasteiger partial charge in [0.1, 0.15) is 5.82 Å². The first-order valence-electron chi connectivity index (χ1n) is 4.79. The zero-order valence-corrected chi connectivity index (χ0v) is 8.16. The van der Waals surface area contributed by atoms with Crippen LogP contribution in [0.2, 0.25) is 0 Å². The summed E-state index contributed by atoms with van der Waals surface area (Å²) in [7, 11) is 1.71. The van der Waals surface area contributed by atoms with Crippen molar-refractivity contribution < 1.29 is 9.13 Å². The third kappa shape index (κ3) is 1.79. The fraction of sp³-hybridized carbons (Fsp3) is 0.455. The van der Waals surface area contributed by atoms with Gasteiger partial charge in [0, 0.05) is 25.6 Å². The fourth-order valence-corrected chi connectivity index (χ4v) is 1.83. The van der Waals surface area contributed by atoms with Gasteiger partial charge in [0.2, 0.25) is 0 Å². The number of hydrogen-bond acceptors (Lipinski definition) is 2. The molecule has 1 aliphatic rings. The summed E-state index contributed by atoms with van der Waals surface area (Å²) in [6, 6.07) is 6.98. The molecule has 1 aromatic rings. The van der Waals surface area contributed by atoms with E-state index in [0.717, 1.165) is 18.7 Å². The van der Waals surface area contributed by atoms with Crippen LogP contribution < -0.4 is 5.32 Å². The predicted octanol–water partition coefficient (Wildman–Crippen LogP) is 1.73. The predicted molar refractivity (Wildman–Crippen MR) is 52.5 cm³/mol. The molecular formula is C11H14FNO. The van der Waals surface area contributed by atoms with Crippen LogP contribution in [0.15, 0.2) is 24.3 Å². The Morgan fingerprint density at radius 1 is 1.43 bits per heavy atom. The topological polar surface area (TPSA) is 21.3 Å². The summed E-state index contributed by atoms with van der Waals surface area (Å²) in [5.74, 6) is 0.335. The van der Waals surface area contributed by atoms with E-state index >= 15 is 0 Å². The maximum Gasteiger partial charge on any atom is 0.123 e. The van der Waals surface area contributed by atoms with Crippen LogP contribution in [-0.4, -0.2) is 20.3 Å². The number of halogens is 1. The van der Waals surface area contributed by atoms with E-state index in [1.807, 2.05) is 12.1 Å². The third-order valence-corrected chi connectivity index (χ3v) is 2.68. The van der Waals surface area contributed by atoms with Crippen molar-refractivity contribution in [2.24, 2.45) is 5.92 Å². The second-order valence-electron chi connectivity index (χ2n) is 3.65. The van der Waals surface area contributed by atoms with E-state index in [1.54, 1.807) is 7.11 Å². The molecule has 0 bridgehead atoms. The van der Waals surface area contributed by atoms with E-state index in [1.165, 1.54) is 12.1 Å². The first-order chi connectivity index (χ1) is 6.81. The molecule has 1 fully saturated rings. The molecule has 1 aromatic carbocycles. The van der Waals surface area contributed by atoms with Crippen molar-refractivity contribution in [3.8, 4) is 0 Å². The van der Waals surface area contributed by atoms with Crippen molar-refractivity contribution in [3.63, 3.8) is 0 Å². The molecule has 0 radical (unpaired) electrons. The molecule has 2 unspecified atom stereocenters. The monoisotopic (exact) mass is 195 g/mol. The zero-order chi connectivity index (χ0) is 9.97. The van der Waals surface area contributed by atoms with Gasteiger partial charge in [0.15, 0.2) is 0 Å². The molecular weight excluding hydrogens is 181 g/mol. The van der Waals surface area contributed by atoms with Gasteiger partial charge in [-0.1, -0.05) is 12.1 Å². The van der Waals surface area contributed by atoms with Crippen LogP contribution in [0.1, 0.15) is 11.6 Å². The van der Waals surface area contributed by atoms with Crippen LogP contribution in [0.25, 0.3) is 0 Å². The highest BCUT2D eigenvalue weighted by Crippen LogP contribution is 2.29. The highest BCUT2D eigenvalue weighted by molar-refractivity contribution is 5.22. The van der Waals surface area contributed by atoms with Gasteiger partial charge >= 0.3 is 0 Å². The standard InChI is InChI=1S/C11H14FNO/c1-14-7-9-6-13-11(9)8-2-4-10(12)5-3-8/h2-5,9,11,13H,6-7H2,1H3. The molecule has 1 aliphatic heterocycles. The summed E-state index contributed by atoms with van der Waals surface area (Å²) in [4.78, 5) is 0. The lowest BCUT2D eigenvalue weighted by atomic mass is 9.87. The van der Waals surface area contributed by atoms with Gasteiger partial charge in [-0.15, -0.1) is 0 Å². The molecule has 2 atom stereocenters. The number of methoxy groups -OCH3 is 1. The van der Waals surface area contributed by atoms with E-state index in [4.69, 9.17) is 4.74 Å². The molecule has 0 aliphatic carbocycles. The van der Waals surface area contributed by atoms with E-state index < -0.39 is 0 Å². The molecule has 0 spiro atoms. The molecule has 1 saturated heterocycles. The molecule has 1 heterocycles. The van der Waals surface area contributed by atoms with E-state index in [-0.39, 0.29) is 5.82 Å². The molecule has 76 valence electrons. The van der Waals surface area contributed by atoms with Crippen molar-refractivity contribution in [2.45, 2.75) is 6.04 Å². The van der Waals surface area contributed by atoms with Gasteiger partial charge < -0.3 is 10.1 Å². The SMILES string of the molecule is COCC1CNC1c1ccc(F)cc1. The fourth-order valence-electron chi connectivity index (χ4n) is 1.83. The molecule has 1 N–H and O–H groups in total. The van der Waals surface area contributed by atoms with Crippen LogP contribution in [0, 0.1) is 11.7 Å². The highest BCUT2D eigenvalue weighted by Gasteiger charge is 2.31. The number of nitrogens with one attached hydrogen (secondary N) is 1. The third-order valence-electron chi connectivity index (χ3n) is 2.68. The van der Waals surface area contributed by atoms with Crippen LogP contribution >= 0.6 is 0 Å². The minimum atomic E-state index is -0.184. The Labute approximate surface area is 83.1 Å². The number of hydrogen-bond donors (Lipinski definition) is 1. The normalized spacial score (nSPS) is 25.9. The Balaban J connectivity index is 2.04. The lowest BCUT2D eigenvalue weighted by molar-refractivity contribution is 0.0883. The quantitative estimate of drug-likeness (QED) is 0.793. The zero-order valence-electron chi connectivity index (χ0n) is 8.16. The van der Waals surface area contributed by atoms with Gasteiger partial charge in [-0.2, -0.15) is 0 Å². The minimum absolute atomic E-state index is 0.184. The summed E-state index contributed by atoms with van der Waals surface area (Å²) in [5, 5.41) is 3.31. The summed E-state index contributed by atoms with van der Waals surface area (Å²) in [6.45, 7) is 1.74. The molecule has 3 heteroatoms.